The first-order valence-electron chi connectivity index (χ1n) is 8.62. The Balaban J connectivity index is 1.93. The second-order valence-corrected chi connectivity index (χ2v) is 7.02. The summed E-state index contributed by atoms with van der Waals surface area (Å²) < 4.78 is 0. The summed E-state index contributed by atoms with van der Waals surface area (Å²) in [6.45, 7) is 9.34. The lowest BCUT2D eigenvalue weighted by Crippen LogP contribution is -2.51. The van der Waals surface area contributed by atoms with Gasteiger partial charge in [0.2, 0.25) is 5.91 Å². The smallest absolute Gasteiger partial charge is 0.237 e. The molecule has 0 aliphatic carbocycles. The van der Waals surface area contributed by atoms with Crippen molar-refractivity contribution in [3.63, 3.8) is 0 Å². The van der Waals surface area contributed by atoms with E-state index in [2.05, 4.69) is 55.3 Å². The first kappa shape index (κ1) is 17.0. The van der Waals surface area contributed by atoms with Crippen LogP contribution >= 0.6 is 0 Å². The van der Waals surface area contributed by atoms with Crippen LogP contribution in [0.2, 0.25) is 0 Å². The van der Waals surface area contributed by atoms with E-state index in [0.717, 1.165) is 25.9 Å². The van der Waals surface area contributed by atoms with Gasteiger partial charge in [0.15, 0.2) is 0 Å². The fourth-order valence-electron chi connectivity index (χ4n) is 3.26. The molecule has 1 amide bonds. The van der Waals surface area contributed by atoms with Crippen molar-refractivity contribution in [3.8, 4) is 0 Å². The first-order chi connectivity index (χ1) is 10.5. The summed E-state index contributed by atoms with van der Waals surface area (Å²) >= 11 is 0. The molecule has 1 unspecified atom stereocenters. The molecule has 0 radical (unpaired) electrons. The minimum Gasteiger partial charge on any atom is -0.354 e. The van der Waals surface area contributed by atoms with Gasteiger partial charge in [-0.1, -0.05) is 57.5 Å². The molecule has 1 saturated heterocycles. The quantitative estimate of drug-likeness (QED) is 0.874. The van der Waals surface area contributed by atoms with Crippen molar-refractivity contribution in [2.24, 2.45) is 0 Å². The third-order valence-corrected chi connectivity index (χ3v) is 4.69. The molecule has 1 aliphatic rings. The fourth-order valence-corrected chi connectivity index (χ4v) is 3.26. The van der Waals surface area contributed by atoms with Gasteiger partial charge in [0.05, 0.1) is 6.04 Å². The average Bonchev–Trinajstić information content (AvgIpc) is 2.54. The third kappa shape index (κ3) is 4.33. The molecule has 3 nitrogen and oxygen atoms in total. The topological polar surface area (TPSA) is 32.3 Å². The minimum atomic E-state index is -0.0405. The number of hydrogen-bond donors (Lipinski definition) is 1. The average molecular weight is 302 g/mol. The molecule has 2 rings (SSSR count). The molecule has 1 fully saturated rings. The third-order valence-electron chi connectivity index (χ3n) is 4.69. The molecule has 0 bridgehead atoms. The predicted molar refractivity (Wildman–Crippen MR) is 92.0 cm³/mol. The number of hydrogen-bond acceptors (Lipinski definition) is 2. The van der Waals surface area contributed by atoms with Crippen LogP contribution in [0.3, 0.4) is 0 Å². The highest BCUT2D eigenvalue weighted by molar-refractivity contribution is 5.82. The van der Waals surface area contributed by atoms with Crippen LogP contribution in [0.5, 0.6) is 0 Å². The second-order valence-electron chi connectivity index (χ2n) is 7.02. The molecular formula is C19H30N2O. The van der Waals surface area contributed by atoms with Crippen molar-refractivity contribution in [1.29, 1.82) is 0 Å². The van der Waals surface area contributed by atoms with Gasteiger partial charge >= 0.3 is 0 Å². The van der Waals surface area contributed by atoms with Crippen molar-refractivity contribution in [3.05, 3.63) is 35.9 Å². The van der Waals surface area contributed by atoms with E-state index in [0.29, 0.717) is 6.54 Å². The maximum absolute atomic E-state index is 12.6. The summed E-state index contributed by atoms with van der Waals surface area (Å²) in [5.41, 5.74) is 1.23. The fraction of sp³-hybridized carbons (Fsp3) is 0.632. The minimum absolute atomic E-state index is 0.0405. The lowest BCUT2D eigenvalue weighted by Gasteiger charge is -2.35. The normalized spacial score (nSPS) is 19.9. The van der Waals surface area contributed by atoms with Crippen LogP contribution in [0.15, 0.2) is 30.3 Å². The molecule has 1 aliphatic heterocycles. The molecule has 0 aromatic heterocycles. The van der Waals surface area contributed by atoms with Gasteiger partial charge < -0.3 is 5.32 Å². The zero-order chi connectivity index (χ0) is 16.0. The summed E-state index contributed by atoms with van der Waals surface area (Å²) in [6.07, 6.45) is 4.50. The number of carbonyl (C=O) groups excluding carboxylic acids is 1. The van der Waals surface area contributed by atoms with E-state index in [1.165, 1.54) is 18.4 Å². The van der Waals surface area contributed by atoms with Crippen LogP contribution in [-0.2, 0) is 10.2 Å². The van der Waals surface area contributed by atoms with E-state index < -0.39 is 0 Å². The van der Waals surface area contributed by atoms with Crippen LogP contribution in [0.25, 0.3) is 0 Å². The van der Waals surface area contributed by atoms with E-state index in [4.69, 9.17) is 0 Å². The van der Waals surface area contributed by atoms with E-state index in [9.17, 15) is 4.79 Å². The Morgan fingerprint density at radius 1 is 1.27 bits per heavy atom. The standard InChI is InChI=1S/C19H30N2O/c1-4-13-21-14-9-8-12-17(21)18(22)20-15-19(2,3)16-10-6-5-7-11-16/h5-7,10-11,17H,4,8-9,12-15H2,1-3H3,(H,20,22). The van der Waals surface area contributed by atoms with E-state index in [-0.39, 0.29) is 17.4 Å². The molecule has 1 heterocycles. The molecule has 3 heteroatoms. The van der Waals surface area contributed by atoms with Crippen molar-refractivity contribution in [2.45, 2.75) is 57.9 Å². The maximum Gasteiger partial charge on any atom is 0.237 e. The van der Waals surface area contributed by atoms with Gasteiger partial charge in [-0.05, 0) is 37.9 Å². The monoisotopic (exact) mass is 302 g/mol. The van der Waals surface area contributed by atoms with Gasteiger partial charge in [-0.25, -0.2) is 0 Å². The van der Waals surface area contributed by atoms with Crippen LogP contribution in [0.1, 0.15) is 52.0 Å². The number of piperidine rings is 1. The number of carbonyl (C=O) groups is 1. The molecule has 1 atom stereocenters. The van der Waals surface area contributed by atoms with Crippen LogP contribution < -0.4 is 5.32 Å². The van der Waals surface area contributed by atoms with Crippen molar-refractivity contribution in [1.82, 2.24) is 10.2 Å². The second kappa shape index (κ2) is 7.77. The Kier molecular flexibility index (Phi) is 6.01. The van der Waals surface area contributed by atoms with Crippen LogP contribution in [0.4, 0.5) is 0 Å². The molecule has 1 N–H and O–H groups in total. The molecule has 22 heavy (non-hydrogen) atoms. The highest BCUT2D eigenvalue weighted by Crippen LogP contribution is 2.22. The SMILES string of the molecule is CCCN1CCCCC1C(=O)NCC(C)(C)c1ccccc1. The predicted octanol–water partition coefficient (Wildman–Crippen LogP) is 3.34. The molecule has 0 saturated carbocycles. The molecule has 122 valence electrons. The van der Waals surface area contributed by atoms with Gasteiger partial charge in [0.25, 0.3) is 0 Å². The number of benzene rings is 1. The Labute approximate surface area is 135 Å². The largest absolute Gasteiger partial charge is 0.354 e. The van der Waals surface area contributed by atoms with Gasteiger partial charge in [0, 0.05) is 12.0 Å². The zero-order valence-electron chi connectivity index (χ0n) is 14.3. The Bertz CT molecular complexity index is 468. The Hall–Kier alpha value is -1.35. The van der Waals surface area contributed by atoms with Crippen molar-refractivity contribution >= 4 is 5.91 Å². The lowest BCUT2D eigenvalue weighted by molar-refractivity contribution is -0.127. The summed E-state index contributed by atoms with van der Waals surface area (Å²) in [6, 6.07) is 10.5. The summed E-state index contributed by atoms with van der Waals surface area (Å²) in [5, 5.41) is 3.20. The van der Waals surface area contributed by atoms with E-state index >= 15 is 0 Å². The van der Waals surface area contributed by atoms with Gasteiger partial charge in [0.1, 0.15) is 0 Å². The number of amides is 1. The number of nitrogens with one attached hydrogen (secondary N) is 1. The molecule has 1 aromatic rings. The molecule has 0 spiro atoms. The highest BCUT2D eigenvalue weighted by Gasteiger charge is 2.29. The summed E-state index contributed by atoms with van der Waals surface area (Å²) in [5.74, 6) is 0.206. The number of likely N-dealkylation sites (tertiary alicyclic amines) is 1. The molecule has 1 aromatic carbocycles. The van der Waals surface area contributed by atoms with Gasteiger partial charge in [-0.3, -0.25) is 9.69 Å². The van der Waals surface area contributed by atoms with Crippen molar-refractivity contribution in [2.75, 3.05) is 19.6 Å². The number of nitrogens with zero attached hydrogens (tertiary/aromatic N) is 1. The lowest BCUT2D eigenvalue weighted by atomic mass is 9.84. The Morgan fingerprint density at radius 2 is 2.00 bits per heavy atom. The Morgan fingerprint density at radius 3 is 2.68 bits per heavy atom. The van der Waals surface area contributed by atoms with Crippen molar-refractivity contribution < 1.29 is 4.79 Å². The van der Waals surface area contributed by atoms with Crippen LogP contribution in [0, 0.1) is 0 Å². The van der Waals surface area contributed by atoms with Gasteiger partial charge in [-0.15, -0.1) is 0 Å². The molecular weight excluding hydrogens is 272 g/mol. The first-order valence-corrected chi connectivity index (χ1v) is 8.62. The van der Waals surface area contributed by atoms with Gasteiger partial charge in [-0.2, -0.15) is 0 Å². The summed E-state index contributed by atoms with van der Waals surface area (Å²) in [7, 11) is 0. The highest BCUT2D eigenvalue weighted by atomic mass is 16.2. The maximum atomic E-state index is 12.6. The summed E-state index contributed by atoms with van der Waals surface area (Å²) in [4.78, 5) is 15.0. The zero-order valence-corrected chi connectivity index (χ0v) is 14.3. The van der Waals surface area contributed by atoms with E-state index in [1.807, 2.05) is 6.07 Å². The van der Waals surface area contributed by atoms with Crippen LogP contribution in [-0.4, -0.2) is 36.5 Å². The van der Waals surface area contributed by atoms with E-state index in [1.54, 1.807) is 0 Å². The number of rotatable bonds is 6.